The number of carbonyl (C=O) groups is 1. The number of piperidine rings is 1. The number of nitrogens with zero attached hydrogens (tertiary/aromatic N) is 4. The van der Waals surface area contributed by atoms with Crippen molar-refractivity contribution in [3.8, 4) is 5.82 Å². The van der Waals surface area contributed by atoms with Gasteiger partial charge in [0.25, 0.3) is 5.91 Å². The van der Waals surface area contributed by atoms with Crippen molar-refractivity contribution in [1.82, 2.24) is 25.0 Å². The van der Waals surface area contributed by atoms with E-state index >= 15 is 0 Å². The van der Waals surface area contributed by atoms with E-state index in [1.54, 1.807) is 10.9 Å². The lowest BCUT2D eigenvalue weighted by Gasteiger charge is -2.32. The van der Waals surface area contributed by atoms with Crippen LogP contribution in [0.2, 0.25) is 0 Å². The zero-order valence-electron chi connectivity index (χ0n) is 15.6. The second kappa shape index (κ2) is 7.19. The Labute approximate surface area is 154 Å². The van der Waals surface area contributed by atoms with Gasteiger partial charge in [-0.05, 0) is 70.2 Å². The van der Waals surface area contributed by atoms with Gasteiger partial charge in [-0.15, -0.1) is 0 Å². The molecule has 1 saturated carbocycles. The summed E-state index contributed by atoms with van der Waals surface area (Å²) in [5.41, 5.74) is 2.65. The third-order valence-electron chi connectivity index (χ3n) is 5.40. The summed E-state index contributed by atoms with van der Waals surface area (Å²) in [5, 5.41) is 8.09. The zero-order chi connectivity index (χ0) is 18.1. The van der Waals surface area contributed by atoms with Gasteiger partial charge in [-0.1, -0.05) is 0 Å². The molecule has 2 aromatic heterocycles. The molecule has 138 valence electrons. The quantitative estimate of drug-likeness (QED) is 0.897. The summed E-state index contributed by atoms with van der Waals surface area (Å²) in [6, 6.07) is 6.31. The molecule has 2 aromatic rings. The zero-order valence-corrected chi connectivity index (χ0v) is 15.6. The number of amides is 1. The van der Waals surface area contributed by atoms with Gasteiger partial charge >= 0.3 is 0 Å². The summed E-state index contributed by atoms with van der Waals surface area (Å²) in [6.07, 6.45) is 6.51. The molecule has 1 aliphatic carbocycles. The molecule has 1 saturated heterocycles. The predicted molar refractivity (Wildman–Crippen MR) is 100 cm³/mol. The van der Waals surface area contributed by atoms with Crippen LogP contribution < -0.4 is 5.32 Å². The Morgan fingerprint density at radius 2 is 1.96 bits per heavy atom. The number of aryl methyl sites for hydroxylation is 2. The summed E-state index contributed by atoms with van der Waals surface area (Å²) in [4.78, 5) is 19.1. The Morgan fingerprint density at radius 1 is 1.19 bits per heavy atom. The minimum Gasteiger partial charge on any atom is -0.338 e. The van der Waals surface area contributed by atoms with Crippen molar-refractivity contribution in [2.75, 3.05) is 19.6 Å². The summed E-state index contributed by atoms with van der Waals surface area (Å²) in [6.45, 7) is 6.75. The van der Waals surface area contributed by atoms with Gasteiger partial charge in [0.2, 0.25) is 0 Å². The second-order valence-electron chi connectivity index (χ2n) is 7.66. The molecule has 4 rings (SSSR count). The summed E-state index contributed by atoms with van der Waals surface area (Å²) in [5.74, 6) is 1.73. The maximum absolute atomic E-state index is 12.7. The fourth-order valence-corrected chi connectivity index (χ4v) is 3.62. The molecule has 0 unspecified atom stereocenters. The minimum absolute atomic E-state index is 0.0815. The molecule has 2 aliphatic rings. The molecule has 6 heteroatoms. The molecule has 6 nitrogen and oxygen atoms in total. The van der Waals surface area contributed by atoms with Crippen molar-refractivity contribution >= 4 is 5.91 Å². The van der Waals surface area contributed by atoms with E-state index in [1.807, 2.05) is 36.9 Å². The molecule has 2 fully saturated rings. The van der Waals surface area contributed by atoms with Crippen LogP contribution in [-0.4, -0.2) is 51.2 Å². The van der Waals surface area contributed by atoms with E-state index < -0.39 is 0 Å². The van der Waals surface area contributed by atoms with Crippen LogP contribution in [0.3, 0.4) is 0 Å². The van der Waals surface area contributed by atoms with Crippen molar-refractivity contribution in [2.45, 2.75) is 45.6 Å². The number of nitrogens with one attached hydrogen (secondary N) is 1. The molecule has 26 heavy (non-hydrogen) atoms. The third-order valence-corrected chi connectivity index (χ3v) is 5.40. The number of pyridine rings is 1. The second-order valence-corrected chi connectivity index (χ2v) is 7.66. The standard InChI is InChI=1S/C20H27N5O/c1-14-11-15(2)25(23-14)19-6-5-17(13-22-19)20(26)24-9-7-18(8-10-24)21-12-16-3-4-16/h5-6,11,13,16,18,21H,3-4,7-10,12H2,1-2H3. The van der Waals surface area contributed by atoms with Crippen molar-refractivity contribution < 1.29 is 4.79 Å². The van der Waals surface area contributed by atoms with E-state index in [2.05, 4.69) is 15.4 Å². The largest absolute Gasteiger partial charge is 0.338 e. The highest BCUT2D eigenvalue weighted by molar-refractivity contribution is 5.94. The Morgan fingerprint density at radius 3 is 2.54 bits per heavy atom. The van der Waals surface area contributed by atoms with Crippen molar-refractivity contribution in [3.05, 3.63) is 41.3 Å². The lowest BCUT2D eigenvalue weighted by atomic mass is 10.0. The van der Waals surface area contributed by atoms with E-state index in [9.17, 15) is 4.79 Å². The average molecular weight is 353 g/mol. The number of aromatic nitrogens is 3. The van der Waals surface area contributed by atoms with Crippen LogP contribution in [0.25, 0.3) is 5.82 Å². The molecule has 1 aliphatic heterocycles. The Balaban J connectivity index is 1.35. The van der Waals surface area contributed by atoms with Gasteiger partial charge in [-0.2, -0.15) is 5.10 Å². The maximum atomic E-state index is 12.7. The molecule has 1 amide bonds. The van der Waals surface area contributed by atoms with E-state index in [0.717, 1.165) is 55.6 Å². The Kier molecular flexibility index (Phi) is 4.76. The van der Waals surface area contributed by atoms with Gasteiger partial charge in [-0.25, -0.2) is 9.67 Å². The van der Waals surface area contributed by atoms with E-state index in [-0.39, 0.29) is 5.91 Å². The lowest BCUT2D eigenvalue weighted by Crippen LogP contribution is -2.45. The first-order valence-electron chi connectivity index (χ1n) is 9.62. The maximum Gasteiger partial charge on any atom is 0.255 e. The van der Waals surface area contributed by atoms with Crippen LogP contribution in [-0.2, 0) is 0 Å². The SMILES string of the molecule is Cc1cc(C)n(-c2ccc(C(=O)N3CCC(NCC4CC4)CC3)cn2)n1. The Bertz CT molecular complexity index is 770. The average Bonchev–Trinajstić information content (AvgIpc) is 3.43. The van der Waals surface area contributed by atoms with E-state index in [4.69, 9.17) is 0 Å². The molecular weight excluding hydrogens is 326 g/mol. The normalized spacial score (nSPS) is 18.3. The molecule has 0 radical (unpaired) electrons. The molecule has 0 bridgehead atoms. The van der Waals surface area contributed by atoms with Gasteiger partial charge in [0.1, 0.15) is 0 Å². The molecular formula is C20H27N5O. The highest BCUT2D eigenvalue weighted by atomic mass is 16.2. The smallest absolute Gasteiger partial charge is 0.255 e. The third kappa shape index (κ3) is 3.80. The first-order chi connectivity index (χ1) is 12.6. The molecule has 0 spiro atoms. The molecule has 3 heterocycles. The summed E-state index contributed by atoms with van der Waals surface area (Å²) in [7, 11) is 0. The van der Waals surface area contributed by atoms with E-state index in [0.29, 0.717) is 11.6 Å². The lowest BCUT2D eigenvalue weighted by molar-refractivity contribution is 0.0704. The van der Waals surface area contributed by atoms with Crippen LogP contribution in [0, 0.1) is 19.8 Å². The summed E-state index contributed by atoms with van der Waals surface area (Å²) >= 11 is 0. The first kappa shape index (κ1) is 17.2. The number of likely N-dealkylation sites (tertiary alicyclic amines) is 1. The fourth-order valence-electron chi connectivity index (χ4n) is 3.62. The van der Waals surface area contributed by atoms with Crippen molar-refractivity contribution in [1.29, 1.82) is 0 Å². The molecule has 1 N–H and O–H groups in total. The predicted octanol–water partition coefficient (Wildman–Crippen LogP) is 2.49. The first-order valence-corrected chi connectivity index (χ1v) is 9.62. The van der Waals surface area contributed by atoms with Gasteiger partial charge < -0.3 is 10.2 Å². The molecule has 0 aromatic carbocycles. The van der Waals surface area contributed by atoms with Crippen LogP contribution in [0.5, 0.6) is 0 Å². The van der Waals surface area contributed by atoms with Gasteiger partial charge in [0.15, 0.2) is 5.82 Å². The molecule has 0 atom stereocenters. The van der Waals surface area contributed by atoms with Gasteiger partial charge in [-0.3, -0.25) is 4.79 Å². The highest BCUT2D eigenvalue weighted by Gasteiger charge is 2.26. The van der Waals surface area contributed by atoms with Crippen LogP contribution in [0.1, 0.15) is 47.4 Å². The monoisotopic (exact) mass is 353 g/mol. The number of hydrogen-bond acceptors (Lipinski definition) is 4. The minimum atomic E-state index is 0.0815. The van der Waals surface area contributed by atoms with Crippen LogP contribution in [0.4, 0.5) is 0 Å². The van der Waals surface area contributed by atoms with Gasteiger partial charge in [0.05, 0.1) is 11.3 Å². The Hall–Kier alpha value is -2.21. The number of rotatable bonds is 5. The highest BCUT2D eigenvalue weighted by Crippen LogP contribution is 2.28. The van der Waals surface area contributed by atoms with Gasteiger partial charge in [0, 0.05) is 31.0 Å². The summed E-state index contributed by atoms with van der Waals surface area (Å²) < 4.78 is 1.81. The number of hydrogen-bond donors (Lipinski definition) is 1. The van der Waals surface area contributed by atoms with Crippen LogP contribution >= 0.6 is 0 Å². The van der Waals surface area contributed by atoms with Crippen LogP contribution in [0.15, 0.2) is 24.4 Å². The van der Waals surface area contributed by atoms with E-state index in [1.165, 1.54) is 12.8 Å². The fraction of sp³-hybridized carbons (Fsp3) is 0.550. The van der Waals surface area contributed by atoms with Crippen molar-refractivity contribution in [2.24, 2.45) is 5.92 Å². The topological polar surface area (TPSA) is 63.1 Å². The number of carbonyl (C=O) groups excluding carboxylic acids is 1. The van der Waals surface area contributed by atoms with Crippen molar-refractivity contribution in [3.63, 3.8) is 0 Å².